The van der Waals surface area contributed by atoms with Gasteiger partial charge in [-0.25, -0.2) is 0 Å². The third-order valence-corrected chi connectivity index (χ3v) is 3.59. The quantitative estimate of drug-likeness (QED) is 0.743. The number of allylic oxidation sites excluding steroid dienone is 2. The number of hydrogen-bond donors (Lipinski definition) is 0. The molecule has 1 aliphatic carbocycles. The second kappa shape index (κ2) is 5.47. The molecule has 0 unspecified atom stereocenters. The van der Waals surface area contributed by atoms with Crippen molar-refractivity contribution < 1.29 is 9.47 Å². The summed E-state index contributed by atoms with van der Waals surface area (Å²) in [5, 5.41) is 0. The lowest BCUT2D eigenvalue weighted by Gasteiger charge is -2.35. The summed E-state index contributed by atoms with van der Waals surface area (Å²) in [5.41, 5.74) is 2.59. The van der Waals surface area contributed by atoms with Gasteiger partial charge in [0.1, 0.15) is 18.0 Å². The maximum atomic E-state index is 5.93. The van der Waals surface area contributed by atoms with Gasteiger partial charge < -0.3 is 9.47 Å². The van der Waals surface area contributed by atoms with Gasteiger partial charge in [-0.1, -0.05) is 6.07 Å². The van der Waals surface area contributed by atoms with E-state index >= 15 is 0 Å². The molecule has 0 atom stereocenters. The second-order valence-electron chi connectivity index (χ2n) is 5.10. The Morgan fingerprint density at radius 3 is 2.50 bits per heavy atom. The van der Waals surface area contributed by atoms with Crippen LogP contribution in [0.3, 0.4) is 0 Å². The molecule has 2 heteroatoms. The maximum absolute atomic E-state index is 5.93. The summed E-state index contributed by atoms with van der Waals surface area (Å²) in [6, 6.07) is 6.27. The molecule has 2 rings (SSSR count). The van der Waals surface area contributed by atoms with Crippen LogP contribution in [-0.2, 0) is 4.74 Å². The van der Waals surface area contributed by atoms with Crippen molar-refractivity contribution in [2.75, 3.05) is 0 Å². The molecule has 0 aliphatic heterocycles. The Hall–Kier alpha value is -1.44. The van der Waals surface area contributed by atoms with Gasteiger partial charge in [-0.05, 0) is 57.0 Å². The van der Waals surface area contributed by atoms with E-state index < -0.39 is 0 Å². The van der Waals surface area contributed by atoms with Crippen LogP contribution in [0.25, 0.3) is 0 Å². The highest BCUT2D eigenvalue weighted by Crippen LogP contribution is 2.30. The average Bonchev–Trinajstić information content (AvgIpc) is 2.30. The van der Waals surface area contributed by atoms with Gasteiger partial charge in [0.25, 0.3) is 0 Å². The number of hydrogen-bond acceptors (Lipinski definition) is 2. The fourth-order valence-electron chi connectivity index (χ4n) is 2.02. The van der Waals surface area contributed by atoms with Crippen molar-refractivity contribution in [3.05, 3.63) is 41.2 Å². The van der Waals surface area contributed by atoms with Crippen LogP contribution in [0.2, 0.25) is 0 Å². The molecule has 0 radical (unpaired) electrons. The van der Waals surface area contributed by atoms with Gasteiger partial charge in [-0.3, -0.25) is 0 Å². The molecule has 0 spiro atoms. The molecule has 18 heavy (non-hydrogen) atoms. The first-order valence-corrected chi connectivity index (χ1v) is 6.62. The standard InChI is InChI=1S/C16H22O2/c1-5-13(4)17-15-9-16(10-15)18-14-7-6-11(2)12(3)8-14/h5-8,15-16H,9-10H2,1-4H3/b13-5+/t15-,16+. The molecule has 98 valence electrons. The van der Waals surface area contributed by atoms with Gasteiger partial charge in [0.15, 0.2) is 0 Å². The van der Waals surface area contributed by atoms with Gasteiger partial charge in [0.2, 0.25) is 0 Å². The smallest absolute Gasteiger partial charge is 0.120 e. The summed E-state index contributed by atoms with van der Waals surface area (Å²) in [4.78, 5) is 0. The van der Waals surface area contributed by atoms with Gasteiger partial charge in [0.05, 0.1) is 5.76 Å². The molecule has 2 nitrogen and oxygen atoms in total. The SMILES string of the molecule is C/C=C(\C)O[C@H]1C[C@@H](Oc2ccc(C)c(C)c2)C1. The predicted molar refractivity (Wildman–Crippen MR) is 73.9 cm³/mol. The Morgan fingerprint density at radius 2 is 1.89 bits per heavy atom. The summed E-state index contributed by atoms with van der Waals surface area (Å²) >= 11 is 0. The van der Waals surface area contributed by atoms with Crippen LogP contribution in [0.4, 0.5) is 0 Å². The first-order chi connectivity index (χ1) is 8.58. The molecule has 0 bridgehead atoms. The summed E-state index contributed by atoms with van der Waals surface area (Å²) in [5.74, 6) is 1.98. The summed E-state index contributed by atoms with van der Waals surface area (Å²) in [6.45, 7) is 8.23. The molecule has 0 amide bonds. The highest BCUT2D eigenvalue weighted by Gasteiger charge is 2.32. The van der Waals surface area contributed by atoms with E-state index in [1.54, 1.807) is 0 Å². The van der Waals surface area contributed by atoms with Crippen LogP contribution in [0.15, 0.2) is 30.0 Å². The molecule has 1 saturated carbocycles. The molecule has 0 saturated heterocycles. The Kier molecular flexibility index (Phi) is 3.95. The lowest BCUT2D eigenvalue weighted by molar-refractivity contribution is -0.0307. The number of ether oxygens (including phenoxy) is 2. The van der Waals surface area contributed by atoms with Crippen LogP contribution >= 0.6 is 0 Å². The normalized spacial score (nSPS) is 23.4. The van der Waals surface area contributed by atoms with E-state index in [2.05, 4.69) is 26.0 Å². The Balaban J connectivity index is 1.81. The zero-order valence-corrected chi connectivity index (χ0v) is 11.7. The summed E-state index contributed by atoms with van der Waals surface area (Å²) < 4.78 is 11.7. The zero-order chi connectivity index (χ0) is 13.1. The molecule has 0 aromatic heterocycles. The second-order valence-corrected chi connectivity index (χ2v) is 5.10. The minimum atomic E-state index is 0.307. The van der Waals surface area contributed by atoms with Gasteiger partial charge >= 0.3 is 0 Å². The summed E-state index contributed by atoms with van der Waals surface area (Å²) in [6.07, 6.45) is 4.60. The van der Waals surface area contributed by atoms with Crippen molar-refractivity contribution in [3.63, 3.8) is 0 Å². The molecular weight excluding hydrogens is 224 g/mol. The van der Waals surface area contributed by atoms with E-state index in [-0.39, 0.29) is 0 Å². The fraction of sp³-hybridized carbons (Fsp3) is 0.500. The first kappa shape index (κ1) is 13.0. The van der Waals surface area contributed by atoms with E-state index in [0.717, 1.165) is 24.4 Å². The van der Waals surface area contributed by atoms with E-state index in [4.69, 9.17) is 9.47 Å². The Morgan fingerprint density at radius 1 is 1.17 bits per heavy atom. The van der Waals surface area contributed by atoms with Crippen LogP contribution in [0.1, 0.15) is 37.8 Å². The zero-order valence-electron chi connectivity index (χ0n) is 11.7. The molecule has 1 aliphatic rings. The van der Waals surface area contributed by atoms with Gasteiger partial charge in [-0.2, -0.15) is 0 Å². The number of aryl methyl sites for hydroxylation is 2. The fourth-order valence-corrected chi connectivity index (χ4v) is 2.02. The molecule has 1 aromatic carbocycles. The topological polar surface area (TPSA) is 18.5 Å². The Bertz CT molecular complexity index is 442. The van der Waals surface area contributed by atoms with E-state index in [0.29, 0.717) is 12.2 Å². The van der Waals surface area contributed by atoms with Crippen molar-refractivity contribution in [2.45, 2.75) is 52.7 Å². The lowest BCUT2D eigenvalue weighted by Crippen LogP contribution is -2.39. The van der Waals surface area contributed by atoms with Gasteiger partial charge in [0, 0.05) is 12.8 Å². The number of benzene rings is 1. The highest BCUT2D eigenvalue weighted by molar-refractivity contribution is 5.34. The molecule has 1 fully saturated rings. The van der Waals surface area contributed by atoms with Crippen molar-refractivity contribution in [2.24, 2.45) is 0 Å². The van der Waals surface area contributed by atoms with Crippen LogP contribution in [0.5, 0.6) is 5.75 Å². The van der Waals surface area contributed by atoms with E-state index in [1.165, 1.54) is 11.1 Å². The molecule has 1 aromatic rings. The Labute approximate surface area is 110 Å². The van der Waals surface area contributed by atoms with Crippen LogP contribution < -0.4 is 4.74 Å². The minimum Gasteiger partial charge on any atom is -0.495 e. The van der Waals surface area contributed by atoms with E-state index in [1.807, 2.05) is 26.0 Å². The van der Waals surface area contributed by atoms with Crippen molar-refractivity contribution in [3.8, 4) is 5.75 Å². The van der Waals surface area contributed by atoms with Crippen LogP contribution in [-0.4, -0.2) is 12.2 Å². The predicted octanol–water partition coefficient (Wildman–Crippen LogP) is 4.15. The maximum Gasteiger partial charge on any atom is 0.120 e. The van der Waals surface area contributed by atoms with Gasteiger partial charge in [-0.15, -0.1) is 0 Å². The third kappa shape index (κ3) is 3.06. The molecular formula is C16H22O2. The molecule has 0 heterocycles. The monoisotopic (exact) mass is 246 g/mol. The van der Waals surface area contributed by atoms with Crippen LogP contribution in [0, 0.1) is 13.8 Å². The summed E-state index contributed by atoms with van der Waals surface area (Å²) in [7, 11) is 0. The van der Waals surface area contributed by atoms with Crippen molar-refractivity contribution in [1.29, 1.82) is 0 Å². The molecule has 0 N–H and O–H groups in total. The highest BCUT2D eigenvalue weighted by atomic mass is 16.5. The van der Waals surface area contributed by atoms with E-state index in [9.17, 15) is 0 Å². The van der Waals surface area contributed by atoms with Crippen molar-refractivity contribution >= 4 is 0 Å². The average molecular weight is 246 g/mol. The first-order valence-electron chi connectivity index (χ1n) is 6.62. The third-order valence-electron chi connectivity index (χ3n) is 3.59. The van der Waals surface area contributed by atoms with Crippen molar-refractivity contribution in [1.82, 2.24) is 0 Å². The lowest BCUT2D eigenvalue weighted by atomic mass is 9.92. The number of rotatable bonds is 4. The minimum absolute atomic E-state index is 0.307. The largest absolute Gasteiger partial charge is 0.495 e.